The summed E-state index contributed by atoms with van der Waals surface area (Å²) in [6, 6.07) is 2.13. The fourth-order valence-corrected chi connectivity index (χ4v) is 3.86. The van der Waals surface area contributed by atoms with Gasteiger partial charge in [0.25, 0.3) is 10.0 Å². The van der Waals surface area contributed by atoms with Crippen LogP contribution in [0.5, 0.6) is 0 Å². The predicted octanol–water partition coefficient (Wildman–Crippen LogP) is 2.22. The molecule has 0 bridgehead atoms. The Morgan fingerprint density at radius 3 is 2.55 bits per heavy atom. The summed E-state index contributed by atoms with van der Waals surface area (Å²) in [5.74, 6) is -1.34. The molecule has 0 spiro atoms. The van der Waals surface area contributed by atoms with E-state index in [-0.39, 0.29) is 16.9 Å². The summed E-state index contributed by atoms with van der Waals surface area (Å²) in [5.41, 5.74) is 0. The van der Waals surface area contributed by atoms with Gasteiger partial charge in [0, 0.05) is 6.04 Å². The molecule has 1 fully saturated rings. The summed E-state index contributed by atoms with van der Waals surface area (Å²) < 4.78 is 31.7. The van der Waals surface area contributed by atoms with E-state index in [1.807, 2.05) is 6.92 Å². The molecule has 0 unspecified atom stereocenters. The molecule has 0 saturated heterocycles. The number of carboxylic acid groups (broad SMARTS) is 1. The van der Waals surface area contributed by atoms with Crippen molar-refractivity contribution in [2.24, 2.45) is 5.92 Å². The lowest BCUT2D eigenvalue weighted by Crippen LogP contribution is -2.38. The van der Waals surface area contributed by atoms with Crippen LogP contribution in [-0.2, 0) is 10.0 Å². The number of furan rings is 1. The lowest BCUT2D eigenvalue weighted by atomic mass is 9.85. The third kappa shape index (κ3) is 3.40. The Morgan fingerprint density at radius 2 is 2.00 bits per heavy atom. The molecule has 0 radical (unpaired) electrons. The maximum absolute atomic E-state index is 12.1. The highest BCUT2D eigenvalue weighted by Gasteiger charge is 2.27. The first-order valence-corrected chi connectivity index (χ1v) is 8.24. The third-order valence-corrected chi connectivity index (χ3v) is 5.19. The molecule has 1 aromatic rings. The molecule has 1 saturated carbocycles. The fourth-order valence-electron chi connectivity index (χ4n) is 2.61. The summed E-state index contributed by atoms with van der Waals surface area (Å²) in [6.45, 7) is 1.84. The molecular weight excluding hydrogens is 282 g/mol. The van der Waals surface area contributed by atoms with Crippen LogP contribution in [0.3, 0.4) is 0 Å². The van der Waals surface area contributed by atoms with Gasteiger partial charge in [-0.15, -0.1) is 0 Å². The lowest BCUT2D eigenvalue weighted by molar-refractivity contribution is 0.0656. The van der Waals surface area contributed by atoms with Crippen LogP contribution in [0.1, 0.15) is 49.6 Å². The van der Waals surface area contributed by atoms with E-state index in [4.69, 9.17) is 9.52 Å². The van der Waals surface area contributed by atoms with Crippen LogP contribution < -0.4 is 4.72 Å². The van der Waals surface area contributed by atoms with E-state index in [2.05, 4.69) is 4.72 Å². The maximum atomic E-state index is 12.1. The lowest BCUT2D eigenvalue weighted by Gasteiger charge is -2.27. The van der Waals surface area contributed by atoms with Crippen molar-refractivity contribution in [2.45, 2.75) is 50.2 Å². The van der Waals surface area contributed by atoms with Gasteiger partial charge >= 0.3 is 5.97 Å². The second kappa shape index (κ2) is 5.97. The van der Waals surface area contributed by atoms with Crippen molar-refractivity contribution in [3.8, 4) is 0 Å². The van der Waals surface area contributed by atoms with E-state index < -0.39 is 16.0 Å². The van der Waals surface area contributed by atoms with E-state index >= 15 is 0 Å². The van der Waals surface area contributed by atoms with Gasteiger partial charge in [-0.25, -0.2) is 17.9 Å². The molecule has 1 aromatic heterocycles. The standard InChI is InChI=1S/C13H19NO5S/c1-9(10-5-3-2-4-6-10)14-20(17,18)12-8-7-11(19-12)13(15)16/h7-10,14H,2-6H2,1H3,(H,15,16)/t9-/m0/s1. The maximum Gasteiger partial charge on any atom is 0.371 e. The van der Waals surface area contributed by atoms with Crippen molar-refractivity contribution < 1.29 is 22.7 Å². The first-order chi connectivity index (χ1) is 9.40. The summed E-state index contributed by atoms with van der Waals surface area (Å²) >= 11 is 0. The largest absolute Gasteiger partial charge is 0.475 e. The van der Waals surface area contributed by atoms with Crippen molar-refractivity contribution in [3.63, 3.8) is 0 Å². The Morgan fingerprint density at radius 1 is 1.35 bits per heavy atom. The van der Waals surface area contributed by atoms with Crippen molar-refractivity contribution in [1.82, 2.24) is 4.72 Å². The normalized spacial score (nSPS) is 18.9. The Labute approximate surface area is 118 Å². The average molecular weight is 301 g/mol. The molecule has 0 aliphatic heterocycles. The molecule has 0 aromatic carbocycles. The van der Waals surface area contributed by atoms with E-state index in [1.165, 1.54) is 12.5 Å². The summed E-state index contributed by atoms with van der Waals surface area (Å²) in [6.07, 6.45) is 5.49. The van der Waals surface area contributed by atoms with Crippen LogP contribution in [0.15, 0.2) is 21.6 Å². The minimum absolute atomic E-state index is 0.182. The number of rotatable bonds is 5. The molecule has 1 atom stereocenters. The molecule has 2 rings (SSSR count). The SMILES string of the molecule is C[C@H](NS(=O)(=O)c1ccc(C(=O)O)o1)C1CCCCC1. The first-order valence-electron chi connectivity index (χ1n) is 6.75. The Balaban J connectivity index is 2.07. The van der Waals surface area contributed by atoms with E-state index in [1.54, 1.807) is 0 Å². The summed E-state index contributed by atoms with van der Waals surface area (Å²) in [4.78, 5) is 10.7. The Kier molecular flexibility index (Phi) is 4.49. The van der Waals surface area contributed by atoms with Crippen LogP contribution in [0.25, 0.3) is 0 Å². The Hall–Kier alpha value is -1.34. The van der Waals surface area contributed by atoms with Crippen LogP contribution in [0.4, 0.5) is 0 Å². The average Bonchev–Trinajstić information content (AvgIpc) is 2.90. The van der Waals surface area contributed by atoms with Gasteiger partial charge in [0.05, 0.1) is 0 Å². The van der Waals surface area contributed by atoms with Crippen LogP contribution >= 0.6 is 0 Å². The highest BCUT2D eigenvalue weighted by Crippen LogP contribution is 2.27. The van der Waals surface area contributed by atoms with Crippen molar-refractivity contribution in [2.75, 3.05) is 0 Å². The van der Waals surface area contributed by atoms with Crippen LogP contribution in [0.2, 0.25) is 0 Å². The van der Waals surface area contributed by atoms with E-state index in [0.29, 0.717) is 5.92 Å². The zero-order valence-corrected chi connectivity index (χ0v) is 12.1. The molecule has 112 valence electrons. The van der Waals surface area contributed by atoms with E-state index in [9.17, 15) is 13.2 Å². The second-order valence-corrected chi connectivity index (χ2v) is 6.88. The molecule has 1 aliphatic rings. The van der Waals surface area contributed by atoms with Crippen molar-refractivity contribution in [1.29, 1.82) is 0 Å². The van der Waals surface area contributed by atoms with Gasteiger partial charge in [-0.05, 0) is 37.8 Å². The zero-order chi connectivity index (χ0) is 14.8. The number of sulfonamides is 1. The third-order valence-electron chi connectivity index (χ3n) is 3.75. The second-order valence-electron chi connectivity index (χ2n) is 5.23. The van der Waals surface area contributed by atoms with Crippen LogP contribution in [0, 0.1) is 5.92 Å². The number of hydrogen-bond donors (Lipinski definition) is 2. The van der Waals surface area contributed by atoms with Gasteiger partial charge in [-0.3, -0.25) is 0 Å². The molecule has 20 heavy (non-hydrogen) atoms. The number of hydrogen-bond acceptors (Lipinski definition) is 4. The quantitative estimate of drug-likeness (QED) is 0.869. The molecule has 2 N–H and O–H groups in total. The number of nitrogens with one attached hydrogen (secondary N) is 1. The van der Waals surface area contributed by atoms with Gasteiger partial charge in [0.1, 0.15) is 0 Å². The number of aromatic carboxylic acids is 1. The van der Waals surface area contributed by atoms with Gasteiger partial charge in [-0.1, -0.05) is 19.3 Å². The van der Waals surface area contributed by atoms with Crippen LogP contribution in [-0.4, -0.2) is 25.5 Å². The van der Waals surface area contributed by atoms with Gasteiger partial charge in [-0.2, -0.15) is 0 Å². The highest BCUT2D eigenvalue weighted by molar-refractivity contribution is 7.89. The molecule has 1 aliphatic carbocycles. The molecule has 6 nitrogen and oxygen atoms in total. The summed E-state index contributed by atoms with van der Waals surface area (Å²) in [5, 5.41) is 8.39. The topological polar surface area (TPSA) is 96.6 Å². The predicted molar refractivity (Wildman–Crippen MR) is 72.0 cm³/mol. The number of carbonyl (C=O) groups is 1. The minimum Gasteiger partial charge on any atom is -0.475 e. The summed E-state index contributed by atoms with van der Waals surface area (Å²) in [7, 11) is -3.80. The highest BCUT2D eigenvalue weighted by atomic mass is 32.2. The Bertz CT molecular complexity index is 571. The zero-order valence-electron chi connectivity index (χ0n) is 11.3. The molecule has 0 amide bonds. The minimum atomic E-state index is -3.80. The van der Waals surface area contributed by atoms with E-state index in [0.717, 1.165) is 31.7 Å². The fraction of sp³-hybridized carbons (Fsp3) is 0.615. The monoisotopic (exact) mass is 301 g/mol. The number of carboxylic acids is 1. The molecule has 7 heteroatoms. The van der Waals surface area contributed by atoms with Gasteiger partial charge < -0.3 is 9.52 Å². The first kappa shape index (κ1) is 15.1. The van der Waals surface area contributed by atoms with Crippen molar-refractivity contribution >= 4 is 16.0 Å². The van der Waals surface area contributed by atoms with Gasteiger partial charge in [0.15, 0.2) is 0 Å². The smallest absolute Gasteiger partial charge is 0.371 e. The molecule has 1 heterocycles. The van der Waals surface area contributed by atoms with Gasteiger partial charge in [0.2, 0.25) is 10.9 Å². The van der Waals surface area contributed by atoms with Crippen molar-refractivity contribution in [3.05, 3.63) is 17.9 Å². The molecular formula is C13H19NO5S.